The molecular weight excluding hydrogens is 380 g/mol. The predicted molar refractivity (Wildman–Crippen MR) is 100 cm³/mol. The van der Waals surface area contributed by atoms with Crippen molar-refractivity contribution >= 4 is 56.0 Å². The Morgan fingerprint density at radius 3 is 2.96 bits per heavy atom. The minimum atomic E-state index is -0.944. The first-order valence-corrected chi connectivity index (χ1v) is 9.69. The molecule has 5 nitrogen and oxygen atoms in total. The monoisotopic (exact) mass is 392 g/mol. The van der Waals surface area contributed by atoms with E-state index in [1.807, 2.05) is 34.3 Å². The predicted octanol–water partition coefficient (Wildman–Crippen LogP) is 4.30. The normalized spacial score (nSPS) is 16.8. The Morgan fingerprint density at radius 1 is 1.32 bits per heavy atom. The minimum absolute atomic E-state index is 0.177. The van der Waals surface area contributed by atoms with Gasteiger partial charge in [0.05, 0.1) is 18.7 Å². The highest BCUT2D eigenvalue weighted by molar-refractivity contribution is 7.17. The van der Waals surface area contributed by atoms with Crippen molar-refractivity contribution in [3.8, 4) is 0 Å². The molecule has 2 aromatic heterocycles. The van der Waals surface area contributed by atoms with Crippen LogP contribution in [0.3, 0.4) is 0 Å². The van der Waals surface area contributed by atoms with Gasteiger partial charge in [0.2, 0.25) is 0 Å². The molecule has 25 heavy (non-hydrogen) atoms. The molecule has 1 aliphatic heterocycles. The summed E-state index contributed by atoms with van der Waals surface area (Å²) in [6, 6.07) is 5.71. The van der Waals surface area contributed by atoms with Crippen LogP contribution in [0.15, 0.2) is 39.4 Å². The molecule has 8 heteroatoms. The van der Waals surface area contributed by atoms with E-state index in [1.54, 1.807) is 11.3 Å². The first kappa shape index (κ1) is 16.5. The number of aliphatic hydroxyl groups is 1. The summed E-state index contributed by atoms with van der Waals surface area (Å²) in [4.78, 5) is 11.1. The van der Waals surface area contributed by atoms with Gasteiger partial charge in [-0.2, -0.15) is 16.4 Å². The molecule has 128 valence electrons. The lowest BCUT2D eigenvalue weighted by atomic mass is 10.0. The maximum atomic E-state index is 11.1. The number of nitrogens with zero attached hydrogens (tertiary/aromatic N) is 2. The molecule has 0 aliphatic carbocycles. The maximum Gasteiger partial charge on any atom is 0.309 e. The van der Waals surface area contributed by atoms with E-state index in [2.05, 4.69) is 5.10 Å². The van der Waals surface area contributed by atoms with Crippen molar-refractivity contribution in [3.63, 3.8) is 0 Å². The van der Waals surface area contributed by atoms with Crippen LogP contribution in [-0.4, -0.2) is 26.9 Å². The molecule has 0 fully saturated rings. The number of hydrazone groups is 1. The molecule has 1 atom stereocenters. The van der Waals surface area contributed by atoms with Gasteiger partial charge in [-0.05, 0) is 39.9 Å². The molecule has 0 saturated heterocycles. The first-order chi connectivity index (χ1) is 12.0. The lowest BCUT2D eigenvalue weighted by Crippen LogP contribution is -2.30. The van der Waals surface area contributed by atoms with Crippen molar-refractivity contribution in [2.45, 2.75) is 19.2 Å². The Hall–Kier alpha value is -1.93. The molecule has 1 unspecified atom stereocenters. The Labute approximate surface area is 156 Å². The van der Waals surface area contributed by atoms with Gasteiger partial charge in [-0.15, -0.1) is 11.3 Å². The highest BCUT2D eigenvalue weighted by Gasteiger charge is 2.29. The van der Waals surface area contributed by atoms with Crippen LogP contribution in [0.25, 0.3) is 10.1 Å². The Balaban J connectivity index is 1.71. The minimum Gasteiger partial charge on any atom is -0.481 e. The molecule has 3 aromatic rings. The van der Waals surface area contributed by atoms with Crippen LogP contribution in [0, 0.1) is 0 Å². The summed E-state index contributed by atoms with van der Waals surface area (Å²) in [7, 11) is 0. The van der Waals surface area contributed by atoms with Crippen LogP contribution in [0.1, 0.15) is 29.3 Å². The standard InChI is InChI=1S/C17H13ClN2O3S2/c18-10-1-2-15-11(3-10)9(6-25-15)5-20-17(23)13-8-24-7-12(13)14(19-20)4-16(21)22/h1-3,6-8,17,23H,4-5H2,(H,21,22). The summed E-state index contributed by atoms with van der Waals surface area (Å²) in [5.41, 5.74) is 2.88. The number of rotatable bonds is 4. The zero-order valence-electron chi connectivity index (χ0n) is 12.8. The largest absolute Gasteiger partial charge is 0.481 e. The average molecular weight is 393 g/mol. The molecule has 3 heterocycles. The van der Waals surface area contributed by atoms with Crippen LogP contribution in [0.4, 0.5) is 0 Å². The topological polar surface area (TPSA) is 73.1 Å². The summed E-state index contributed by atoms with van der Waals surface area (Å²) < 4.78 is 1.11. The van der Waals surface area contributed by atoms with Crippen LogP contribution in [0.2, 0.25) is 5.02 Å². The summed E-state index contributed by atoms with van der Waals surface area (Å²) >= 11 is 9.13. The average Bonchev–Trinajstić information content (AvgIpc) is 3.19. The van der Waals surface area contributed by atoms with E-state index in [1.165, 1.54) is 16.3 Å². The van der Waals surface area contributed by atoms with E-state index in [9.17, 15) is 9.90 Å². The summed E-state index contributed by atoms with van der Waals surface area (Å²) in [5, 5.41) is 33.1. The summed E-state index contributed by atoms with van der Waals surface area (Å²) in [5.74, 6) is -0.944. The van der Waals surface area contributed by atoms with Gasteiger partial charge in [-0.25, -0.2) is 0 Å². The van der Waals surface area contributed by atoms with E-state index >= 15 is 0 Å². The van der Waals surface area contributed by atoms with Crippen LogP contribution >= 0.6 is 34.3 Å². The second-order valence-electron chi connectivity index (χ2n) is 5.73. The van der Waals surface area contributed by atoms with Gasteiger partial charge >= 0.3 is 5.97 Å². The van der Waals surface area contributed by atoms with Gasteiger partial charge < -0.3 is 10.2 Å². The number of benzene rings is 1. The summed E-state index contributed by atoms with van der Waals surface area (Å²) in [6.07, 6.45) is -1.07. The highest BCUT2D eigenvalue weighted by Crippen LogP contribution is 2.35. The number of thiophene rings is 2. The van der Waals surface area contributed by atoms with Gasteiger partial charge in [0.15, 0.2) is 6.23 Å². The van der Waals surface area contributed by atoms with E-state index in [-0.39, 0.29) is 6.42 Å². The number of carbonyl (C=O) groups is 1. The van der Waals surface area contributed by atoms with Crippen LogP contribution < -0.4 is 0 Å². The number of fused-ring (bicyclic) bond motifs is 2. The van der Waals surface area contributed by atoms with E-state index in [4.69, 9.17) is 16.7 Å². The molecule has 1 aromatic carbocycles. The van der Waals surface area contributed by atoms with Gasteiger partial charge in [0.1, 0.15) is 0 Å². The highest BCUT2D eigenvalue weighted by atomic mass is 35.5. The number of carboxylic acid groups (broad SMARTS) is 1. The molecule has 4 rings (SSSR count). The van der Waals surface area contributed by atoms with Crippen LogP contribution in [0.5, 0.6) is 0 Å². The van der Waals surface area contributed by atoms with Crippen molar-refractivity contribution in [2.75, 3.05) is 0 Å². The second-order valence-corrected chi connectivity index (χ2v) is 7.82. The van der Waals surface area contributed by atoms with Crippen molar-refractivity contribution in [3.05, 3.63) is 56.1 Å². The summed E-state index contributed by atoms with van der Waals surface area (Å²) in [6.45, 7) is 0.375. The number of hydrogen-bond donors (Lipinski definition) is 2. The number of hydrogen-bond acceptors (Lipinski definition) is 6. The smallest absolute Gasteiger partial charge is 0.309 e. The Bertz CT molecular complexity index is 995. The van der Waals surface area contributed by atoms with Gasteiger partial charge in [-0.3, -0.25) is 9.80 Å². The quantitative estimate of drug-likeness (QED) is 0.694. The Kier molecular flexibility index (Phi) is 4.24. The lowest BCUT2D eigenvalue weighted by molar-refractivity contribution is -0.135. The van der Waals surface area contributed by atoms with Gasteiger partial charge in [0.25, 0.3) is 0 Å². The molecular formula is C17H13ClN2O3S2. The number of aliphatic hydroxyl groups excluding tert-OH is 1. The van der Waals surface area contributed by atoms with E-state index in [0.29, 0.717) is 22.8 Å². The third-order valence-electron chi connectivity index (χ3n) is 4.08. The number of carboxylic acids is 1. The SMILES string of the molecule is O=C(O)CC1=NN(Cc2csc3ccc(Cl)cc23)C(O)c2cscc21. The van der Waals surface area contributed by atoms with Crippen molar-refractivity contribution < 1.29 is 15.0 Å². The first-order valence-electron chi connectivity index (χ1n) is 7.49. The third-order valence-corrected chi connectivity index (χ3v) is 6.09. The lowest BCUT2D eigenvalue weighted by Gasteiger charge is -2.30. The van der Waals surface area contributed by atoms with Gasteiger partial charge in [-0.1, -0.05) is 11.6 Å². The third kappa shape index (κ3) is 3.04. The molecule has 0 spiro atoms. The molecule has 2 N–H and O–H groups in total. The zero-order valence-corrected chi connectivity index (χ0v) is 15.2. The fourth-order valence-electron chi connectivity index (χ4n) is 2.91. The fourth-order valence-corrected chi connectivity index (χ4v) is 4.89. The molecule has 0 amide bonds. The molecule has 1 aliphatic rings. The second kappa shape index (κ2) is 6.42. The number of aliphatic carboxylic acids is 1. The van der Waals surface area contributed by atoms with Crippen molar-refractivity contribution in [2.24, 2.45) is 5.10 Å². The fraction of sp³-hybridized carbons (Fsp3) is 0.176. The van der Waals surface area contributed by atoms with Crippen LogP contribution in [-0.2, 0) is 11.3 Å². The van der Waals surface area contributed by atoms with Crippen molar-refractivity contribution in [1.82, 2.24) is 5.01 Å². The molecule has 0 saturated carbocycles. The van der Waals surface area contributed by atoms with Crippen molar-refractivity contribution in [1.29, 1.82) is 0 Å². The maximum absolute atomic E-state index is 11.1. The molecule has 0 bridgehead atoms. The zero-order chi connectivity index (χ0) is 17.6. The van der Waals surface area contributed by atoms with Gasteiger partial charge in [0, 0.05) is 26.2 Å². The number of halogens is 1. The van der Waals surface area contributed by atoms with E-state index in [0.717, 1.165) is 21.2 Å². The Morgan fingerprint density at radius 2 is 2.16 bits per heavy atom. The molecule has 0 radical (unpaired) electrons. The van der Waals surface area contributed by atoms with E-state index < -0.39 is 12.2 Å².